The Morgan fingerprint density at radius 2 is 2.21 bits per heavy atom. The zero-order valence-electron chi connectivity index (χ0n) is 10.6. The van der Waals surface area contributed by atoms with Crippen LogP contribution in [0.3, 0.4) is 0 Å². The molecule has 2 N–H and O–H groups in total. The fourth-order valence-electron chi connectivity index (χ4n) is 1.71. The van der Waals surface area contributed by atoms with Gasteiger partial charge in [0.15, 0.2) is 0 Å². The van der Waals surface area contributed by atoms with Gasteiger partial charge in [-0.05, 0) is 19.1 Å². The van der Waals surface area contributed by atoms with Crippen LogP contribution in [0.1, 0.15) is 12.7 Å². The predicted octanol–water partition coefficient (Wildman–Crippen LogP) is 0.576. The average Bonchev–Trinajstić information content (AvgIpc) is 2.39. The zero-order valence-corrected chi connectivity index (χ0v) is 10.6. The third-order valence-electron chi connectivity index (χ3n) is 2.53. The van der Waals surface area contributed by atoms with Gasteiger partial charge in [-0.2, -0.15) is 0 Å². The highest BCUT2D eigenvalue weighted by Gasteiger charge is 2.04. The number of esters is 1. The summed E-state index contributed by atoms with van der Waals surface area (Å²) in [6.07, 6.45) is 0. The van der Waals surface area contributed by atoms with Gasteiger partial charge < -0.3 is 9.72 Å². The lowest BCUT2D eigenvalue weighted by molar-refractivity contribution is -0.142. The molecule has 100 valence electrons. The van der Waals surface area contributed by atoms with Gasteiger partial charge in [0.25, 0.3) is 5.56 Å². The molecule has 2 aromatic rings. The molecule has 0 fully saturated rings. The topological polar surface area (TPSA) is 84.1 Å². The molecule has 0 aliphatic heterocycles. The number of hydrogen-bond acceptors (Lipinski definition) is 5. The number of fused-ring (bicyclic) bond motifs is 1. The van der Waals surface area contributed by atoms with Crippen molar-refractivity contribution < 1.29 is 9.53 Å². The number of para-hydroxylation sites is 1. The molecule has 0 aliphatic carbocycles. The molecular formula is C13H15N3O3. The van der Waals surface area contributed by atoms with Gasteiger partial charge in [-0.3, -0.25) is 14.9 Å². The summed E-state index contributed by atoms with van der Waals surface area (Å²) < 4.78 is 4.78. The van der Waals surface area contributed by atoms with Gasteiger partial charge in [-0.25, -0.2) is 4.98 Å². The van der Waals surface area contributed by atoms with E-state index in [2.05, 4.69) is 15.3 Å². The predicted molar refractivity (Wildman–Crippen MR) is 70.7 cm³/mol. The maximum absolute atomic E-state index is 11.8. The maximum Gasteiger partial charge on any atom is 0.319 e. The molecule has 19 heavy (non-hydrogen) atoms. The lowest BCUT2D eigenvalue weighted by Gasteiger charge is -2.05. The third-order valence-corrected chi connectivity index (χ3v) is 2.53. The Labute approximate surface area is 109 Å². The van der Waals surface area contributed by atoms with Crippen molar-refractivity contribution in [1.29, 1.82) is 0 Å². The van der Waals surface area contributed by atoms with Gasteiger partial charge in [0.05, 0.1) is 30.6 Å². The van der Waals surface area contributed by atoms with E-state index in [4.69, 9.17) is 4.74 Å². The molecule has 0 unspecified atom stereocenters. The number of H-pyrrole nitrogens is 1. The number of carbonyl (C=O) groups is 1. The first-order valence-corrected chi connectivity index (χ1v) is 6.05. The average molecular weight is 261 g/mol. The van der Waals surface area contributed by atoms with E-state index in [9.17, 15) is 9.59 Å². The Hall–Kier alpha value is -2.21. The summed E-state index contributed by atoms with van der Waals surface area (Å²) in [6.45, 7) is 2.50. The van der Waals surface area contributed by atoms with Gasteiger partial charge >= 0.3 is 5.97 Å². The number of nitrogens with zero attached hydrogens (tertiary/aromatic N) is 1. The Balaban J connectivity index is 2.05. The Morgan fingerprint density at radius 3 is 3.00 bits per heavy atom. The van der Waals surface area contributed by atoms with E-state index in [1.54, 1.807) is 25.1 Å². The summed E-state index contributed by atoms with van der Waals surface area (Å²) in [5.74, 6) is 0.165. The molecule has 0 saturated heterocycles. The van der Waals surface area contributed by atoms with Crippen molar-refractivity contribution >= 4 is 16.9 Å². The molecule has 6 nitrogen and oxygen atoms in total. The van der Waals surface area contributed by atoms with Crippen molar-refractivity contribution in [3.8, 4) is 0 Å². The second kappa shape index (κ2) is 6.10. The van der Waals surface area contributed by atoms with Crippen LogP contribution >= 0.6 is 0 Å². The van der Waals surface area contributed by atoms with E-state index >= 15 is 0 Å². The molecule has 0 aliphatic rings. The largest absolute Gasteiger partial charge is 0.465 e. The van der Waals surface area contributed by atoms with Gasteiger partial charge in [-0.15, -0.1) is 0 Å². The number of rotatable bonds is 5. The summed E-state index contributed by atoms with van der Waals surface area (Å²) >= 11 is 0. The molecule has 2 rings (SSSR count). The van der Waals surface area contributed by atoms with Crippen LogP contribution in [0, 0.1) is 0 Å². The molecule has 0 saturated carbocycles. The SMILES string of the molecule is CCOC(=O)CNCc1nc2ccccc2c(=O)[nH]1. The fraction of sp³-hybridized carbons (Fsp3) is 0.308. The van der Waals surface area contributed by atoms with Crippen LogP contribution in [0.2, 0.25) is 0 Å². The van der Waals surface area contributed by atoms with Crippen LogP contribution in [0.25, 0.3) is 10.9 Å². The highest BCUT2D eigenvalue weighted by molar-refractivity contribution is 5.77. The lowest BCUT2D eigenvalue weighted by Crippen LogP contribution is -2.26. The van der Waals surface area contributed by atoms with Crippen molar-refractivity contribution in [3.63, 3.8) is 0 Å². The maximum atomic E-state index is 11.8. The van der Waals surface area contributed by atoms with Crippen LogP contribution in [0.5, 0.6) is 0 Å². The molecule has 1 aromatic heterocycles. The summed E-state index contributed by atoms with van der Waals surface area (Å²) in [4.78, 5) is 29.9. The molecular weight excluding hydrogens is 246 g/mol. The van der Waals surface area contributed by atoms with Crippen LogP contribution in [0.4, 0.5) is 0 Å². The first kappa shape index (κ1) is 13.2. The van der Waals surface area contributed by atoms with Crippen molar-refractivity contribution in [2.45, 2.75) is 13.5 Å². The first-order valence-electron chi connectivity index (χ1n) is 6.05. The molecule has 0 atom stereocenters. The molecule has 6 heteroatoms. The van der Waals surface area contributed by atoms with Crippen molar-refractivity contribution in [2.24, 2.45) is 0 Å². The van der Waals surface area contributed by atoms with Crippen molar-refractivity contribution in [1.82, 2.24) is 15.3 Å². The monoisotopic (exact) mass is 261 g/mol. The quantitative estimate of drug-likeness (QED) is 0.769. The van der Waals surface area contributed by atoms with Gasteiger partial charge in [0.2, 0.25) is 0 Å². The molecule has 0 amide bonds. The Kier molecular flexibility index (Phi) is 4.25. The van der Waals surface area contributed by atoms with Crippen LogP contribution in [-0.2, 0) is 16.1 Å². The smallest absolute Gasteiger partial charge is 0.319 e. The normalized spacial score (nSPS) is 10.6. The minimum absolute atomic E-state index is 0.0877. The van der Waals surface area contributed by atoms with E-state index in [0.29, 0.717) is 29.9 Å². The van der Waals surface area contributed by atoms with Crippen molar-refractivity contribution in [2.75, 3.05) is 13.2 Å². The summed E-state index contributed by atoms with van der Waals surface area (Å²) in [5.41, 5.74) is 0.456. The fourth-order valence-corrected chi connectivity index (χ4v) is 1.71. The Morgan fingerprint density at radius 1 is 1.42 bits per heavy atom. The summed E-state index contributed by atoms with van der Waals surface area (Å²) in [6, 6.07) is 7.11. The zero-order chi connectivity index (χ0) is 13.7. The van der Waals surface area contributed by atoms with Gasteiger partial charge in [0.1, 0.15) is 5.82 Å². The third kappa shape index (κ3) is 3.38. The van der Waals surface area contributed by atoms with E-state index in [1.165, 1.54) is 0 Å². The minimum Gasteiger partial charge on any atom is -0.465 e. The minimum atomic E-state index is -0.328. The first-order chi connectivity index (χ1) is 9.20. The van der Waals surface area contributed by atoms with E-state index in [-0.39, 0.29) is 18.1 Å². The van der Waals surface area contributed by atoms with Crippen LogP contribution < -0.4 is 10.9 Å². The molecule has 0 spiro atoms. The Bertz CT molecular complexity index is 636. The number of carbonyl (C=O) groups excluding carboxylic acids is 1. The number of aromatic nitrogens is 2. The molecule has 0 bridgehead atoms. The highest BCUT2D eigenvalue weighted by Crippen LogP contribution is 2.05. The lowest BCUT2D eigenvalue weighted by atomic mass is 10.2. The van der Waals surface area contributed by atoms with Crippen molar-refractivity contribution in [3.05, 3.63) is 40.4 Å². The van der Waals surface area contributed by atoms with E-state index in [1.807, 2.05) is 6.07 Å². The summed E-state index contributed by atoms with van der Waals surface area (Å²) in [7, 11) is 0. The number of hydrogen-bond donors (Lipinski definition) is 2. The van der Waals surface area contributed by atoms with Gasteiger partial charge in [-0.1, -0.05) is 12.1 Å². The molecule has 1 aromatic carbocycles. The van der Waals surface area contributed by atoms with Crippen LogP contribution in [-0.4, -0.2) is 29.1 Å². The van der Waals surface area contributed by atoms with Gasteiger partial charge in [0, 0.05) is 0 Å². The molecule has 0 radical (unpaired) electrons. The molecule has 1 heterocycles. The number of aromatic amines is 1. The highest BCUT2D eigenvalue weighted by atomic mass is 16.5. The van der Waals surface area contributed by atoms with E-state index in [0.717, 1.165) is 0 Å². The number of benzene rings is 1. The second-order valence-corrected chi connectivity index (χ2v) is 3.94. The van der Waals surface area contributed by atoms with Crippen LogP contribution in [0.15, 0.2) is 29.1 Å². The standard InChI is InChI=1S/C13H15N3O3/c1-2-19-12(17)8-14-7-11-15-10-6-4-3-5-9(10)13(18)16-11/h3-6,14H,2,7-8H2,1H3,(H,15,16,18). The second-order valence-electron chi connectivity index (χ2n) is 3.94. The number of ether oxygens (including phenoxy) is 1. The van der Waals surface area contributed by atoms with E-state index < -0.39 is 0 Å². The summed E-state index contributed by atoms with van der Waals surface area (Å²) in [5, 5.41) is 3.42. The number of nitrogens with one attached hydrogen (secondary N) is 2.